The molecule has 0 saturated carbocycles. The van der Waals surface area contributed by atoms with Crippen molar-refractivity contribution in [2.24, 2.45) is 0 Å². The maximum absolute atomic E-state index is 13.1. The van der Waals surface area contributed by atoms with Crippen LogP contribution in [0.5, 0.6) is 0 Å². The number of carbonyl (C=O) groups excluding carboxylic acids is 1. The SMILES string of the molecule is Cc1ccccc1-c1cc(C(=O)NCc2ccc(Cl)c(Cl)c2)c2ccccc2n1. The molecule has 3 aromatic carbocycles. The van der Waals surface area contributed by atoms with Crippen LogP contribution < -0.4 is 5.32 Å². The number of pyridine rings is 1. The average Bonchev–Trinajstić information content (AvgIpc) is 2.74. The molecule has 0 bridgehead atoms. The topological polar surface area (TPSA) is 42.0 Å². The van der Waals surface area contributed by atoms with Gasteiger partial charge in [-0.1, -0.05) is 71.7 Å². The number of carbonyl (C=O) groups is 1. The van der Waals surface area contributed by atoms with Crippen molar-refractivity contribution in [3.8, 4) is 11.3 Å². The van der Waals surface area contributed by atoms with Crippen molar-refractivity contribution in [2.45, 2.75) is 13.5 Å². The van der Waals surface area contributed by atoms with Gasteiger partial charge in [-0.05, 0) is 42.3 Å². The molecule has 144 valence electrons. The highest BCUT2D eigenvalue weighted by atomic mass is 35.5. The third kappa shape index (κ3) is 4.12. The Hall–Kier alpha value is -2.88. The van der Waals surface area contributed by atoms with E-state index in [0.717, 1.165) is 33.3 Å². The summed E-state index contributed by atoms with van der Waals surface area (Å²) in [4.78, 5) is 17.8. The summed E-state index contributed by atoms with van der Waals surface area (Å²) in [6.45, 7) is 2.39. The van der Waals surface area contributed by atoms with Crippen LogP contribution in [0, 0.1) is 6.92 Å². The van der Waals surface area contributed by atoms with Crippen molar-refractivity contribution in [3.63, 3.8) is 0 Å². The molecule has 0 spiro atoms. The summed E-state index contributed by atoms with van der Waals surface area (Å²) in [5, 5.41) is 4.75. The first-order valence-corrected chi connectivity index (χ1v) is 9.96. The molecule has 1 N–H and O–H groups in total. The molecule has 0 fully saturated rings. The van der Waals surface area contributed by atoms with E-state index in [1.54, 1.807) is 12.1 Å². The third-order valence-corrected chi connectivity index (χ3v) is 5.56. The maximum atomic E-state index is 13.1. The highest BCUT2D eigenvalue weighted by Crippen LogP contribution is 2.27. The van der Waals surface area contributed by atoms with Gasteiger partial charge < -0.3 is 5.32 Å². The molecule has 0 aliphatic carbocycles. The Morgan fingerprint density at radius 2 is 1.69 bits per heavy atom. The third-order valence-electron chi connectivity index (χ3n) is 4.82. The van der Waals surface area contributed by atoms with Crippen LogP contribution in [0.2, 0.25) is 10.0 Å². The molecule has 0 radical (unpaired) electrons. The second-order valence-electron chi connectivity index (χ2n) is 6.82. The zero-order chi connectivity index (χ0) is 20.4. The predicted molar refractivity (Wildman–Crippen MR) is 120 cm³/mol. The number of hydrogen-bond donors (Lipinski definition) is 1. The second-order valence-corrected chi connectivity index (χ2v) is 7.63. The highest BCUT2D eigenvalue weighted by molar-refractivity contribution is 6.42. The Bertz CT molecular complexity index is 1220. The van der Waals surface area contributed by atoms with Gasteiger partial charge in [0.25, 0.3) is 5.91 Å². The van der Waals surface area contributed by atoms with Crippen LogP contribution in [0.3, 0.4) is 0 Å². The van der Waals surface area contributed by atoms with E-state index in [9.17, 15) is 4.79 Å². The van der Waals surface area contributed by atoms with Crippen LogP contribution in [0.1, 0.15) is 21.5 Å². The lowest BCUT2D eigenvalue weighted by Crippen LogP contribution is -2.23. The lowest BCUT2D eigenvalue weighted by atomic mass is 10.0. The smallest absolute Gasteiger partial charge is 0.252 e. The molecule has 0 atom stereocenters. The van der Waals surface area contributed by atoms with Crippen LogP contribution in [0.25, 0.3) is 22.2 Å². The quantitative estimate of drug-likeness (QED) is 0.412. The first kappa shape index (κ1) is 19.4. The first-order chi connectivity index (χ1) is 14.0. The van der Waals surface area contributed by atoms with Gasteiger partial charge in [0.05, 0.1) is 26.8 Å². The van der Waals surface area contributed by atoms with Crippen molar-refractivity contribution in [3.05, 3.63) is 99.5 Å². The van der Waals surface area contributed by atoms with Crippen LogP contribution in [-0.4, -0.2) is 10.9 Å². The monoisotopic (exact) mass is 420 g/mol. The molecule has 0 unspecified atom stereocenters. The van der Waals surface area contributed by atoms with E-state index >= 15 is 0 Å². The number of halogens is 2. The summed E-state index contributed by atoms with van der Waals surface area (Å²) in [7, 11) is 0. The minimum Gasteiger partial charge on any atom is -0.348 e. The number of amides is 1. The normalized spacial score (nSPS) is 10.9. The number of aryl methyl sites for hydroxylation is 1. The van der Waals surface area contributed by atoms with Gasteiger partial charge in [-0.3, -0.25) is 4.79 Å². The van der Waals surface area contributed by atoms with Gasteiger partial charge in [0.1, 0.15) is 0 Å². The van der Waals surface area contributed by atoms with Crippen LogP contribution in [0.4, 0.5) is 0 Å². The summed E-state index contributed by atoms with van der Waals surface area (Å²) in [6, 6.07) is 22.9. The number of para-hydroxylation sites is 1. The molecule has 0 aliphatic heterocycles. The first-order valence-electron chi connectivity index (χ1n) is 9.21. The van der Waals surface area contributed by atoms with E-state index in [4.69, 9.17) is 28.2 Å². The second kappa shape index (κ2) is 8.24. The Labute approximate surface area is 179 Å². The Morgan fingerprint density at radius 3 is 2.48 bits per heavy atom. The van der Waals surface area contributed by atoms with Crippen molar-refractivity contribution >= 4 is 40.0 Å². The number of benzene rings is 3. The predicted octanol–water partition coefficient (Wildman–Crippen LogP) is 6.45. The van der Waals surface area contributed by atoms with Crippen LogP contribution in [0.15, 0.2) is 72.8 Å². The standard InChI is InChI=1S/C24H18Cl2N2O/c1-15-6-2-3-7-17(15)23-13-19(18-8-4-5-9-22(18)28-23)24(29)27-14-16-10-11-20(25)21(26)12-16/h2-13H,14H2,1H3,(H,27,29). The number of nitrogens with one attached hydrogen (secondary N) is 1. The number of hydrogen-bond acceptors (Lipinski definition) is 2. The lowest BCUT2D eigenvalue weighted by molar-refractivity contribution is 0.0952. The van der Waals surface area contributed by atoms with Crippen molar-refractivity contribution in [2.75, 3.05) is 0 Å². The van der Waals surface area contributed by atoms with Gasteiger partial charge in [-0.2, -0.15) is 0 Å². The van der Waals surface area contributed by atoms with Gasteiger partial charge in [0, 0.05) is 17.5 Å². The van der Waals surface area contributed by atoms with Crippen molar-refractivity contribution < 1.29 is 4.79 Å². The molecule has 0 saturated heterocycles. The molecule has 1 aromatic heterocycles. The summed E-state index contributed by atoms with van der Waals surface area (Å²) in [6.07, 6.45) is 0. The average molecular weight is 421 g/mol. The van der Waals surface area contributed by atoms with Gasteiger partial charge in [0.2, 0.25) is 0 Å². The Kier molecular flexibility index (Phi) is 5.52. The Morgan fingerprint density at radius 1 is 0.931 bits per heavy atom. The van der Waals surface area contributed by atoms with Gasteiger partial charge in [-0.25, -0.2) is 4.98 Å². The van der Waals surface area contributed by atoms with Crippen LogP contribution >= 0.6 is 23.2 Å². The zero-order valence-corrected chi connectivity index (χ0v) is 17.3. The molecular weight excluding hydrogens is 403 g/mol. The molecule has 29 heavy (non-hydrogen) atoms. The lowest BCUT2D eigenvalue weighted by Gasteiger charge is -2.12. The zero-order valence-electron chi connectivity index (χ0n) is 15.7. The summed E-state index contributed by atoms with van der Waals surface area (Å²) < 4.78 is 0. The van der Waals surface area contributed by atoms with Crippen LogP contribution in [-0.2, 0) is 6.54 Å². The fraction of sp³-hybridized carbons (Fsp3) is 0.0833. The van der Waals surface area contributed by atoms with E-state index in [-0.39, 0.29) is 5.91 Å². The minimum absolute atomic E-state index is 0.162. The summed E-state index contributed by atoms with van der Waals surface area (Å²) in [5.41, 5.74) is 5.16. The van der Waals surface area contributed by atoms with Gasteiger partial charge in [-0.15, -0.1) is 0 Å². The molecule has 1 heterocycles. The summed E-state index contributed by atoms with van der Waals surface area (Å²) >= 11 is 12.0. The van der Waals surface area contributed by atoms with E-state index < -0.39 is 0 Å². The van der Waals surface area contributed by atoms with E-state index in [0.29, 0.717) is 22.2 Å². The summed E-state index contributed by atoms with van der Waals surface area (Å²) in [5.74, 6) is -0.162. The molecule has 3 nitrogen and oxygen atoms in total. The molecular formula is C24H18Cl2N2O. The molecule has 1 amide bonds. The fourth-order valence-electron chi connectivity index (χ4n) is 3.29. The van der Waals surface area contributed by atoms with Crippen molar-refractivity contribution in [1.82, 2.24) is 10.3 Å². The van der Waals surface area contributed by atoms with E-state index in [1.807, 2.05) is 67.6 Å². The van der Waals surface area contributed by atoms with Gasteiger partial charge in [0.15, 0.2) is 0 Å². The number of fused-ring (bicyclic) bond motifs is 1. The molecule has 0 aliphatic rings. The van der Waals surface area contributed by atoms with Crippen molar-refractivity contribution in [1.29, 1.82) is 0 Å². The molecule has 5 heteroatoms. The largest absolute Gasteiger partial charge is 0.348 e. The maximum Gasteiger partial charge on any atom is 0.252 e. The van der Waals surface area contributed by atoms with Gasteiger partial charge >= 0.3 is 0 Å². The van der Waals surface area contributed by atoms with E-state index in [1.165, 1.54) is 0 Å². The minimum atomic E-state index is -0.162. The molecule has 4 aromatic rings. The number of aromatic nitrogens is 1. The van der Waals surface area contributed by atoms with E-state index in [2.05, 4.69) is 5.32 Å². The number of nitrogens with zero attached hydrogens (tertiary/aromatic N) is 1. The Balaban J connectivity index is 1.70. The highest BCUT2D eigenvalue weighted by Gasteiger charge is 2.14. The number of rotatable bonds is 4. The molecule has 4 rings (SSSR count). The fourth-order valence-corrected chi connectivity index (χ4v) is 3.61.